The van der Waals surface area contributed by atoms with Gasteiger partial charge in [-0.2, -0.15) is 5.10 Å². The molecule has 0 radical (unpaired) electrons. The van der Waals surface area contributed by atoms with Crippen LogP contribution in [0.15, 0.2) is 30.5 Å². The van der Waals surface area contributed by atoms with Crippen LogP contribution >= 0.6 is 0 Å². The van der Waals surface area contributed by atoms with E-state index >= 15 is 0 Å². The molecule has 15 heavy (non-hydrogen) atoms. The third kappa shape index (κ3) is 2.13. The highest BCUT2D eigenvalue weighted by atomic mass is 16.1. The largest absolute Gasteiger partial charge is 0.298 e. The van der Waals surface area contributed by atoms with E-state index in [1.54, 1.807) is 6.20 Å². The minimum absolute atomic E-state index is 0.636. The molecule has 0 fully saturated rings. The molecule has 0 aliphatic carbocycles. The van der Waals surface area contributed by atoms with Gasteiger partial charge in [0.15, 0.2) is 6.29 Å². The second kappa shape index (κ2) is 4.09. The van der Waals surface area contributed by atoms with Crippen molar-refractivity contribution in [3.8, 4) is 0 Å². The number of hydrogen-bond acceptors (Lipinski definition) is 2. The summed E-state index contributed by atoms with van der Waals surface area (Å²) in [4.78, 5) is 10.7. The predicted octanol–water partition coefficient (Wildman–Crippen LogP) is 2.12. The molecular formula is C12H12N2O. The number of aromatic nitrogens is 2. The Morgan fingerprint density at radius 2 is 2.33 bits per heavy atom. The first-order chi connectivity index (χ1) is 7.29. The third-order valence-electron chi connectivity index (χ3n) is 2.34. The van der Waals surface area contributed by atoms with Crippen LogP contribution in [0.4, 0.5) is 0 Å². The minimum Gasteiger partial charge on any atom is -0.298 e. The number of benzene rings is 1. The van der Waals surface area contributed by atoms with Crippen molar-refractivity contribution < 1.29 is 4.79 Å². The van der Waals surface area contributed by atoms with Crippen LogP contribution in [0.2, 0.25) is 0 Å². The van der Waals surface area contributed by atoms with Crippen molar-refractivity contribution in [1.29, 1.82) is 0 Å². The Kier molecular flexibility index (Phi) is 2.63. The van der Waals surface area contributed by atoms with E-state index in [4.69, 9.17) is 0 Å². The molecule has 76 valence electrons. The standard InChI is InChI=1S/C12H12N2O/c1-9-3-2-4-10(5-9)6-12-11(8-15)7-13-14-12/h2-5,7-8H,6H2,1H3,(H,13,14). The van der Waals surface area contributed by atoms with Crippen LogP contribution in [0.25, 0.3) is 0 Å². The van der Waals surface area contributed by atoms with Gasteiger partial charge in [-0.05, 0) is 12.5 Å². The first kappa shape index (κ1) is 9.65. The number of nitrogens with one attached hydrogen (secondary N) is 1. The topological polar surface area (TPSA) is 45.8 Å². The molecule has 3 heteroatoms. The van der Waals surface area contributed by atoms with Crippen LogP contribution in [0, 0.1) is 6.92 Å². The summed E-state index contributed by atoms with van der Waals surface area (Å²) in [5.74, 6) is 0. The van der Waals surface area contributed by atoms with E-state index in [9.17, 15) is 4.79 Å². The maximum atomic E-state index is 10.7. The summed E-state index contributed by atoms with van der Waals surface area (Å²) in [6.07, 6.45) is 3.10. The number of carbonyl (C=O) groups is 1. The molecule has 1 aromatic carbocycles. The average molecular weight is 200 g/mol. The summed E-state index contributed by atoms with van der Waals surface area (Å²) in [5, 5.41) is 6.70. The van der Waals surface area contributed by atoms with Crippen LogP contribution in [-0.4, -0.2) is 16.5 Å². The highest BCUT2D eigenvalue weighted by Gasteiger charge is 2.04. The Labute approximate surface area is 88.1 Å². The van der Waals surface area contributed by atoms with Crippen molar-refractivity contribution in [1.82, 2.24) is 10.2 Å². The van der Waals surface area contributed by atoms with E-state index in [0.717, 1.165) is 18.4 Å². The summed E-state index contributed by atoms with van der Waals surface area (Å²) < 4.78 is 0. The second-order valence-corrected chi connectivity index (χ2v) is 3.59. The van der Waals surface area contributed by atoms with Gasteiger partial charge in [0.2, 0.25) is 0 Å². The minimum atomic E-state index is 0.636. The molecule has 0 bridgehead atoms. The van der Waals surface area contributed by atoms with E-state index in [1.165, 1.54) is 11.1 Å². The van der Waals surface area contributed by atoms with Gasteiger partial charge in [-0.3, -0.25) is 9.89 Å². The normalized spacial score (nSPS) is 10.2. The summed E-state index contributed by atoms with van der Waals surface area (Å²) in [6, 6.07) is 8.22. The number of aromatic amines is 1. The van der Waals surface area contributed by atoms with E-state index in [0.29, 0.717) is 5.56 Å². The van der Waals surface area contributed by atoms with Crippen molar-refractivity contribution in [2.75, 3.05) is 0 Å². The predicted molar refractivity (Wildman–Crippen MR) is 58.0 cm³/mol. The molecule has 0 saturated heterocycles. The summed E-state index contributed by atoms with van der Waals surface area (Å²) in [7, 11) is 0. The molecule has 1 heterocycles. The SMILES string of the molecule is Cc1cccc(Cc2[nH]ncc2C=O)c1. The van der Waals surface area contributed by atoms with Crippen molar-refractivity contribution in [2.45, 2.75) is 13.3 Å². The molecule has 0 unspecified atom stereocenters. The number of carbonyl (C=O) groups excluding carboxylic acids is 1. The molecule has 0 aliphatic rings. The molecular weight excluding hydrogens is 188 g/mol. The molecule has 1 N–H and O–H groups in total. The Morgan fingerprint density at radius 3 is 3.07 bits per heavy atom. The molecule has 0 aliphatic heterocycles. The second-order valence-electron chi connectivity index (χ2n) is 3.59. The van der Waals surface area contributed by atoms with Crippen molar-refractivity contribution in [3.05, 3.63) is 52.8 Å². The first-order valence-corrected chi connectivity index (χ1v) is 4.82. The highest BCUT2D eigenvalue weighted by Crippen LogP contribution is 2.11. The zero-order valence-electron chi connectivity index (χ0n) is 8.53. The summed E-state index contributed by atoms with van der Waals surface area (Å²) in [5.41, 5.74) is 3.91. The Hall–Kier alpha value is -1.90. The Morgan fingerprint density at radius 1 is 1.47 bits per heavy atom. The van der Waals surface area contributed by atoms with Crippen molar-refractivity contribution >= 4 is 6.29 Å². The van der Waals surface area contributed by atoms with Crippen LogP contribution in [0.1, 0.15) is 27.2 Å². The van der Waals surface area contributed by atoms with Crippen LogP contribution in [0.3, 0.4) is 0 Å². The van der Waals surface area contributed by atoms with Gasteiger partial charge in [0.25, 0.3) is 0 Å². The third-order valence-corrected chi connectivity index (χ3v) is 2.34. The van der Waals surface area contributed by atoms with Crippen LogP contribution < -0.4 is 0 Å². The molecule has 2 aromatic rings. The van der Waals surface area contributed by atoms with Gasteiger partial charge in [0.1, 0.15) is 0 Å². The number of hydrogen-bond donors (Lipinski definition) is 1. The van der Waals surface area contributed by atoms with Gasteiger partial charge in [-0.25, -0.2) is 0 Å². The van der Waals surface area contributed by atoms with Gasteiger partial charge >= 0.3 is 0 Å². The maximum Gasteiger partial charge on any atom is 0.153 e. The fraction of sp³-hybridized carbons (Fsp3) is 0.167. The molecule has 2 rings (SSSR count). The monoisotopic (exact) mass is 200 g/mol. The lowest BCUT2D eigenvalue weighted by Crippen LogP contribution is -1.93. The maximum absolute atomic E-state index is 10.7. The first-order valence-electron chi connectivity index (χ1n) is 4.82. The number of rotatable bonds is 3. The Balaban J connectivity index is 2.25. The van der Waals surface area contributed by atoms with Gasteiger partial charge in [-0.15, -0.1) is 0 Å². The van der Waals surface area contributed by atoms with Crippen LogP contribution in [-0.2, 0) is 6.42 Å². The lowest BCUT2D eigenvalue weighted by Gasteiger charge is -2.01. The van der Waals surface area contributed by atoms with Gasteiger partial charge in [0, 0.05) is 6.42 Å². The summed E-state index contributed by atoms with van der Waals surface area (Å²) in [6.45, 7) is 2.05. The van der Waals surface area contributed by atoms with Crippen molar-refractivity contribution in [3.63, 3.8) is 0 Å². The lowest BCUT2D eigenvalue weighted by molar-refractivity contribution is 0.112. The molecule has 1 aromatic heterocycles. The average Bonchev–Trinajstić information content (AvgIpc) is 2.65. The smallest absolute Gasteiger partial charge is 0.153 e. The van der Waals surface area contributed by atoms with E-state index in [-0.39, 0.29) is 0 Å². The highest BCUT2D eigenvalue weighted by molar-refractivity contribution is 5.76. The Bertz CT molecular complexity index is 474. The number of aldehydes is 1. The summed E-state index contributed by atoms with van der Waals surface area (Å²) >= 11 is 0. The van der Waals surface area contributed by atoms with E-state index < -0.39 is 0 Å². The number of aryl methyl sites for hydroxylation is 1. The van der Waals surface area contributed by atoms with Gasteiger partial charge in [-0.1, -0.05) is 29.8 Å². The van der Waals surface area contributed by atoms with Gasteiger partial charge in [0.05, 0.1) is 17.5 Å². The van der Waals surface area contributed by atoms with E-state index in [2.05, 4.69) is 29.3 Å². The van der Waals surface area contributed by atoms with Crippen LogP contribution in [0.5, 0.6) is 0 Å². The molecule has 0 saturated carbocycles. The van der Waals surface area contributed by atoms with Crippen molar-refractivity contribution in [2.24, 2.45) is 0 Å². The van der Waals surface area contributed by atoms with Gasteiger partial charge < -0.3 is 0 Å². The zero-order valence-corrected chi connectivity index (χ0v) is 8.53. The molecule has 0 amide bonds. The quantitative estimate of drug-likeness (QED) is 0.771. The molecule has 3 nitrogen and oxygen atoms in total. The molecule has 0 spiro atoms. The van der Waals surface area contributed by atoms with E-state index in [1.807, 2.05) is 12.1 Å². The number of H-pyrrole nitrogens is 1. The zero-order chi connectivity index (χ0) is 10.7. The lowest BCUT2D eigenvalue weighted by atomic mass is 10.1. The number of nitrogens with zero attached hydrogens (tertiary/aromatic N) is 1. The fourth-order valence-corrected chi connectivity index (χ4v) is 1.59. The molecule has 0 atom stereocenters. The fourth-order valence-electron chi connectivity index (χ4n) is 1.59.